The number of carbonyl (C=O) groups excluding carboxylic acids is 2. The van der Waals surface area contributed by atoms with Crippen LogP contribution in [0.25, 0.3) is 11.0 Å². The number of amides is 2. The highest BCUT2D eigenvalue weighted by molar-refractivity contribution is 6.05. The van der Waals surface area contributed by atoms with Crippen LogP contribution < -0.4 is 10.6 Å². The summed E-state index contributed by atoms with van der Waals surface area (Å²) in [5.41, 5.74) is 3.28. The van der Waals surface area contributed by atoms with Gasteiger partial charge in [0, 0.05) is 22.9 Å². The number of aromatic amines is 1. The maximum atomic E-state index is 12.3. The van der Waals surface area contributed by atoms with Crippen LogP contribution in [0.5, 0.6) is 0 Å². The lowest BCUT2D eigenvalue weighted by Gasteiger charge is -2.07. The van der Waals surface area contributed by atoms with Crippen LogP contribution in [0.4, 0.5) is 11.4 Å². The lowest BCUT2D eigenvalue weighted by atomic mass is 10.1. The number of nitrogens with zero attached hydrogens (tertiary/aromatic N) is 2. The summed E-state index contributed by atoms with van der Waals surface area (Å²) in [4.78, 5) is 24.3. The summed E-state index contributed by atoms with van der Waals surface area (Å²) < 4.78 is 0. The topological polar surface area (TPSA) is 99.8 Å². The molecule has 0 unspecified atom stereocenters. The molecule has 2 atom stereocenters. The van der Waals surface area contributed by atoms with Crippen LogP contribution in [0.2, 0.25) is 0 Å². The summed E-state index contributed by atoms with van der Waals surface area (Å²) in [6.07, 6.45) is 0.947. The van der Waals surface area contributed by atoms with E-state index in [4.69, 9.17) is 0 Å². The van der Waals surface area contributed by atoms with Gasteiger partial charge in [0.2, 0.25) is 5.91 Å². The summed E-state index contributed by atoms with van der Waals surface area (Å²) in [6, 6.07) is 12.2. The van der Waals surface area contributed by atoms with Crippen molar-refractivity contribution in [2.45, 2.75) is 13.3 Å². The molecular formula is C18H17N5O2. The first-order valence-electron chi connectivity index (χ1n) is 8.13. The predicted octanol–water partition coefficient (Wildman–Crippen LogP) is 2.80. The molecule has 126 valence electrons. The van der Waals surface area contributed by atoms with Crippen molar-refractivity contribution < 1.29 is 9.59 Å². The Labute approximate surface area is 143 Å². The molecular weight excluding hydrogens is 318 g/mol. The van der Waals surface area contributed by atoms with E-state index in [-0.39, 0.29) is 17.7 Å². The van der Waals surface area contributed by atoms with Gasteiger partial charge in [-0.2, -0.15) is 15.4 Å². The van der Waals surface area contributed by atoms with E-state index in [9.17, 15) is 9.59 Å². The average Bonchev–Trinajstić information content (AvgIpc) is 3.16. The number of nitrogens with one attached hydrogen (secondary N) is 3. The Bertz CT molecular complexity index is 948. The second-order valence-corrected chi connectivity index (χ2v) is 6.37. The molecule has 1 aliphatic carbocycles. The normalized spacial score (nSPS) is 18.8. The first-order chi connectivity index (χ1) is 12.1. The van der Waals surface area contributed by atoms with Crippen molar-refractivity contribution in [2.75, 3.05) is 10.6 Å². The summed E-state index contributed by atoms with van der Waals surface area (Å²) in [5.74, 6) is 0.406. The van der Waals surface area contributed by atoms with Crippen molar-refractivity contribution >= 4 is 34.2 Å². The Morgan fingerprint density at radius 3 is 2.40 bits per heavy atom. The number of fused-ring (bicyclic) bond motifs is 1. The van der Waals surface area contributed by atoms with Crippen molar-refractivity contribution in [3.63, 3.8) is 0 Å². The number of aromatic nitrogens is 3. The molecule has 1 aliphatic rings. The fraction of sp³-hybridized carbons (Fsp3) is 0.222. The van der Waals surface area contributed by atoms with Gasteiger partial charge in [-0.3, -0.25) is 9.59 Å². The van der Waals surface area contributed by atoms with Gasteiger partial charge >= 0.3 is 0 Å². The molecule has 3 aromatic rings. The van der Waals surface area contributed by atoms with E-state index >= 15 is 0 Å². The van der Waals surface area contributed by atoms with Crippen LogP contribution in [-0.4, -0.2) is 27.2 Å². The molecule has 0 radical (unpaired) electrons. The number of hydrogen-bond acceptors (Lipinski definition) is 4. The number of H-pyrrole nitrogens is 1. The van der Waals surface area contributed by atoms with Gasteiger partial charge in [-0.15, -0.1) is 0 Å². The number of carbonyl (C=O) groups is 2. The van der Waals surface area contributed by atoms with Crippen LogP contribution in [0, 0.1) is 11.8 Å². The molecule has 2 aromatic carbocycles. The molecule has 0 saturated heterocycles. The molecule has 7 nitrogen and oxygen atoms in total. The maximum Gasteiger partial charge on any atom is 0.255 e. The first-order valence-corrected chi connectivity index (χ1v) is 8.13. The largest absolute Gasteiger partial charge is 0.326 e. The number of rotatable bonds is 4. The van der Waals surface area contributed by atoms with Crippen molar-refractivity contribution in [2.24, 2.45) is 11.8 Å². The van der Waals surface area contributed by atoms with E-state index in [0.29, 0.717) is 28.4 Å². The zero-order valence-electron chi connectivity index (χ0n) is 13.6. The van der Waals surface area contributed by atoms with Gasteiger partial charge in [0.25, 0.3) is 5.91 Å². The number of benzene rings is 2. The molecule has 0 spiro atoms. The zero-order valence-corrected chi connectivity index (χ0v) is 13.6. The van der Waals surface area contributed by atoms with E-state index in [1.165, 1.54) is 0 Å². The van der Waals surface area contributed by atoms with Gasteiger partial charge in [0.15, 0.2) is 0 Å². The predicted molar refractivity (Wildman–Crippen MR) is 94.2 cm³/mol. The third-order valence-electron chi connectivity index (χ3n) is 4.44. The lowest BCUT2D eigenvalue weighted by molar-refractivity contribution is -0.117. The Hall–Kier alpha value is -3.22. The summed E-state index contributed by atoms with van der Waals surface area (Å²) in [5, 5.41) is 16.2. The highest BCUT2D eigenvalue weighted by Crippen LogP contribution is 2.38. The molecule has 25 heavy (non-hydrogen) atoms. The van der Waals surface area contributed by atoms with Crippen molar-refractivity contribution in [1.29, 1.82) is 0 Å². The van der Waals surface area contributed by atoms with Gasteiger partial charge in [-0.25, -0.2) is 0 Å². The number of anilines is 2. The highest BCUT2D eigenvalue weighted by Gasteiger charge is 2.39. The van der Waals surface area contributed by atoms with Crippen LogP contribution in [-0.2, 0) is 4.79 Å². The van der Waals surface area contributed by atoms with Gasteiger partial charge in [0.1, 0.15) is 11.0 Å². The summed E-state index contributed by atoms with van der Waals surface area (Å²) in [6.45, 7) is 2.06. The smallest absolute Gasteiger partial charge is 0.255 e. The minimum atomic E-state index is -0.225. The Morgan fingerprint density at radius 1 is 1.00 bits per heavy atom. The molecule has 1 heterocycles. The second kappa shape index (κ2) is 6.01. The van der Waals surface area contributed by atoms with E-state index < -0.39 is 0 Å². The molecule has 0 aliphatic heterocycles. The van der Waals surface area contributed by atoms with Gasteiger partial charge < -0.3 is 10.6 Å². The first kappa shape index (κ1) is 15.3. The van der Waals surface area contributed by atoms with Crippen molar-refractivity contribution in [3.05, 3.63) is 48.0 Å². The van der Waals surface area contributed by atoms with Gasteiger partial charge in [-0.05, 0) is 54.8 Å². The quantitative estimate of drug-likeness (QED) is 0.682. The molecule has 3 N–H and O–H groups in total. The maximum absolute atomic E-state index is 12.3. The highest BCUT2D eigenvalue weighted by atomic mass is 16.2. The third-order valence-corrected chi connectivity index (χ3v) is 4.44. The van der Waals surface area contributed by atoms with Crippen LogP contribution in [0.15, 0.2) is 42.5 Å². The van der Waals surface area contributed by atoms with E-state index in [0.717, 1.165) is 11.9 Å². The molecule has 1 saturated carbocycles. The van der Waals surface area contributed by atoms with Gasteiger partial charge in [-0.1, -0.05) is 6.92 Å². The van der Waals surface area contributed by atoms with Crippen LogP contribution in [0.3, 0.4) is 0 Å². The second-order valence-electron chi connectivity index (χ2n) is 6.37. The molecule has 2 amide bonds. The molecule has 1 fully saturated rings. The van der Waals surface area contributed by atoms with Crippen LogP contribution >= 0.6 is 0 Å². The number of hydrogen-bond donors (Lipinski definition) is 3. The Morgan fingerprint density at radius 2 is 1.68 bits per heavy atom. The zero-order chi connectivity index (χ0) is 17.4. The molecule has 0 bridgehead atoms. The Balaban J connectivity index is 1.42. The van der Waals surface area contributed by atoms with E-state index in [1.54, 1.807) is 42.5 Å². The van der Waals surface area contributed by atoms with E-state index in [1.807, 2.05) is 0 Å². The minimum absolute atomic E-state index is 0.0469. The third kappa shape index (κ3) is 3.21. The van der Waals surface area contributed by atoms with Gasteiger partial charge in [0.05, 0.1) is 0 Å². The van der Waals surface area contributed by atoms with E-state index in [2.05, 4.69) is 33.0 Å². The van der Waals surface area contributed by atoms with Crippen LogP contribution in [0.1, 0.15) is 23.7 Å². The van der Waals surface area contributed by atoms with Crippen molar-refractivity contribution in [1.82, 2.24) is 15.4 Å². The summed E-state index contributed by atoms with van der Waals surface area (Å²) in [7, 11) is 0. The lowest BCUT2D eigenvalue weighted by Crippen LogP contribution is -2.15. The molecule has 1 aromatic heterocycles. The molecule has 4 rings (SSSR count). The monoisotopic (exact) mass is 335 g/mol. The Kier molecular flexibility index (Phi) is 3.68. The summed E-state index contributed by atoms with van der Waals surface area (Å²) >= 11 is 0. The molecule has 7 heteroatoms. The average molecular weight is 335 g/mol. The standard InChI is InChI=1S/C18H17N5O2/c1-10-8-14(10)18(25)19-12-4-2-11(3-5-12)17(24)20-13-6-7-15-16(9-13)22-23-21-15/h2-7,9-10,14H,8H2,1H3,(H,19,25)(H,20,24)(H,21,22,23)/t10-,14+/m1/s1. The fourth-order valence-corrected chi connectivity index (χ4v) is 2.75. The fourth-order valence-electron chi connectivity index (χ4n) is 2.75. The minimum Gasteiger partial charge on any atom is -0.326 e. The SMILES string of the molecule is C[C@@H]1C[C@@H]1C(=O)Nc1ccc(C(=O)Nc2ccc3n[nH]nc3c2)cc1. The van der Waals surface area contributed by atoms with Crippen molar-refractivity contribution in [3.8, 4) is 0 Å².